The van der Waals surface area contributed by atoms with Crippen molar-refractivity contribution < 1.29 is 14.4 Å². The Hall–Kier alpha value is -2.17. The van der Waals surface area contributed by atoms with Gasteiger partial charge in [-0.2, -0.15) is 0 Å². The second kappa shape index (κ2) is 6.84. The molecule has 1 rings (SSSR count). The van der Waals surface area contributed by atoms with E-state index in [1.54, 1.807) is 27.7 Å². The Morgan fingerprint density at radius 2 is 1.75 bits per heavy atom. The lowest BCUT2D eigenvalue weighted by Gasteiger charge is -2.19. The maximum atomic E-state index is 12.1. The van der Waals surface area contributed by atoms with E-state index in [1.807, 2.05) is 30.3 Å². The van der Waals surface area contributed by atoms with Crippen molar-refractivity contribution in [1.82, 2.24) is 0 Å². The van der Waals surface area contributed by atoms with Crippen LogP contribution in [-0.2, 0) is 14.4 Å². The minimum absolute atomic E-state index is 0.0614. The van der Waals surface area contributed by atoms with Gasteiger partial charge >= 0.3 is 5.97 Å². The first kappa shape index (κ1) is 15.9. The zero-order chi connectivity index (χ0) is 15.2. The summed E-state index contributed by atoms with van der Waals surface area (Å²) in [6.45, 7) is 7.06. The quantitative estimate of drug-likeness (QED) is 0.482. The number of para-hydroxylation sites is 1. The average molecular weight is 276 g/mol. The van der Waals surface area contributed by atoms with Crippen molar-refractivity contribution in [2.24, 2.45) is 10.1 Å². The van der Waals surface area contributed by atoms with Crippen molar-refractivity contribution in [3.05, 3.63) is 30.3 Å². The number of nitrogens with zero attached hydrogens (tertiary/aromatic N) is 2. The zero-order valence-electron chi connectivity index (χ0n) is 12.5. The van der Waals surface area contributed by atoms with Gasteiger partial charge in [0.05, 0.1) is 11.4 Å². The minimum Gasteiger partial charge on any atom is -0.455 e. The molecule has 0 aliphatic carbocycles. The van der Waals surface area contributed by atoms with Crippen LogP contribution in [0.15, 0.2) is 40.5 Å². The lowest BCUT2D eigenvalue weighted by atomic mass is 10.2. The van der Waals surface area contributed by atoms with Crippen LogP contribution >= 0.6 is 0 Å². The lowest BCUT2D eigenvalue weighted by Crippen LogP contribution is -2.32. The molecule has 1 aromatic carbocycles. The monoisotopic (exact) mass is 276 g/mol. The highest BCUT2D eigenvalue weighted by Crippen LogP contribution is 2.12. The third-order valence-corrected chi connectivity index (χ3v) is 2.17. The smallest absolute Gasteiger partial charge is 0.362 e. The van der Waals surface area contributed by atoms with Gasteiger partial charge in [-0.1, -0.05) is 23.4 Å². The van der Waals surface area contributed by atoms with Crippen LogP contribution in [0.1, 0.15) is 27.7 Å². The molecule has 0 fully saturated rings. The van der Waals surface area contributed by atoms with Gasteiger partial charge in [-0.05, 0) is 39.8 Å². The van der Waals surface area contributed by atoms with Crippen LogP contribution in [-0.4, -0.2) is 30.1 Å². The molecule has 0 aliphatic rings. The second-order valence-corrected chi connectivity index (χ2v) is 5.16. The fraction of sp³-hybridized carbons (Fsp3) is 0.400. The molecule has 0 saturated carbocycles. The summed E-state index contributed by atoms with van der Waals surface area (Å²) in [5.41, 5.74) is 0.634. The summed E-state index contributed by atoms with van der Waals surface area (Å²) in [5, 5.41) is 3.72. The van der Waals surface area contributed by atoms with Crippen LogP contribution in [0.25, 0.3) is 0 Å². The molecule has 0 aliphatic heterocycles. The van der Waals surface area contributed by atoms with Gasteiger partial charge in [0.15, 0.2) is 0 Å². The number of oxime groups is 1. The Morgan fingerprint density at radius 3 is 2.25 bits per heavy atom. The minimum atomic E-state index is -0.599. The van der Waals surface area contributed by atoms with Crippen LogP contribution in [0, 0.1) is 0 Å². The van der Waals surface area contributed by atoms with Gasteiger partial charge in [0, 0.05) is 0 Å². The third kappa shape index (κ3) is 5.22. The molecular weight excluding hydrogens is 256 g/mol. The first-order chi connectivity index (χ1) is 9.33. The summed E-state index contributed by atoms with van der Waals surface area (Å²) in [4.78, 5) is 21.1. The van der Waals surface area contributed by atoms with Crippen LogP contribution in [0.2, 0.25) is 0 Å². The van der Waals surface area contributed by atoms with E-state index in [9.17, 15) is 4.79 Å². The highest BCUT2D eigenvalue weighted by atomic mass is 16.6. The van der Waals surface area contributed by atoms with Crippen molar-refractivity contribution in [3.63, 3.8) is 0 Å². The number of carbonyl (C=O) groups is 1. The third-order valence-electron chi connectivity index (χ3n) is 2.17. The van der Waals surface area contributed by atoms with Gasteiger partial charge in [-0.3, -0.25) is 4.99 Å². The molecule has 5 nitrogen and oxygen atoms in total. The molecule has 0 radical (unpaired) electrons. The summed E-state index contributed by atoms with van der Waals surface area (Å²) in [6, 6.07) is 9.30. The van der Waals surface area contributed by atoms with Crippen molar-refractivity contribution in [3.8, 4) is 0 Å². The van der Waals surface area contributed by atoms with E-state index in [4.69, 9.17) is 9.57 Å². The molecule has 0 unspecified atom stereocenters. The average Bonchev–Trinajstić information content (AvgIpc) is 2.34. The molecule has 0 N–H and O–H groups in total. The maximum absolute atomic E-state index is 12.1. The Bertz CT molecular complexity index is 514. The topological polar surface area (TPSA) is 60.2 Å². The van der Waals surface area contributed by atoms with Crippen LogP contribution in [0.4, 0.5) is 5.69 Å². The molecule has 20 heavy (non-hydrogen) atoms. The fourth-order valence-electron chi connectivity index (χ4n) is 1.42. The SMILES string of the molecule is CO/N=C(C(=O)OC(C)(C)C)/C(C)=N/c1ccccc1. The fourth-order valence-corrected chi connectivity index (χ4v) is 1.42. The molecule has 5 heteroatoms. The van der Waals surface area contributed by atoms with E-state index in [-0.39, 0.29) is 5.71 Å². The molecule has 0 amide bonds. The highest BCUT2D eigenvalue weighted by Gasteiger charge is 2.24. The van der Waals surface area contributed by atoms with E-state index in [0.717, 1.165) is 5.69 Å². The predicted octanol–water partition coefficient (Wildman–Crippen LogP) is 3.12. The number of aliphatic imine (C=N–C) groups is 1. The molecular formula is C15H20N2O3. The normalized spacial score (nSPS) is 13.1. The Balaban J connectivity index is 3.00. The van der Waals surface area contributed by atoms with Crippen LogP contribution in [0.3, 0.4) is 0 Å². The first-order valence-corrected chi connectivity index (χ1v) is 6.28. The first-order valence-electron chi connectivity index (χ1n) is 6.28. The van der Waals surface area contributed by atoms with E-state index < -0.39 is 11.6 Å². The zero-order valence-corrected chi connectivity index (χ0v) is 12.5. The number of ether oxygens (including phenoxy) is 1. The van der Waals surface area contributed by atoms with Crippen molar-refractivity contribution in [1.29, 1.82) is 0 Å². The Morgan fingerprint density at radius 1 is 1.15 bits per heavy atom. The van der Waals surface area contributed by atoms with E-state index in [0.29, 0.717) is 5.71 Å². The Kier molecular flexibility index (Phi) is 5.43. The van der Waals surface area contributed by atoms with E-state index >= 15 is 0 Å². The number of benzene rings is 1. The van der Waals surface area contributed by atoms with Gasteiger partial charge < -0.3 is 9.57 Å². The van der Waals surface area contributed by atoms with Gasteiger partial charge in [-0.25, -0.2) is 4.79 Å². The van der Waals surface area contributed by atoms with Gasteiger partial charge in [0.25, 0.3) is 0 Å². The molecule has 0 heterocycles. The summed E-state index contributed by atoms with van der Waals surface area (Å²) in [6.07, 6.45) is 0. The molecule has 0 atom stereocenters. The molecule has 108 valence electrons. The van der Waals surface area contributed by atoms with Crippen molar-refractivity contribution >= 4 is 23.1 Å². The summed E-state index contributed by atoms with van der Waals surface area (Å²) >= 11 is 0. The number of carbonyl (C=O) groups excluding carboxylic acids is 1. The number of hydrogen-bond donors (Lipinski definition) is 0. The van der Waals surface area contributed by atoms with E-state index in [1.165, 1.54) is 7.11 Å². The van der Waals surface area contributed by atoms with Gasteiger partial charge in [0.2, 0.25) is 5.71 Å². The number of esters is 1. The second-order valence-electron chi connectivity index (χ2n) is 5.16. The van der Waals surface area contributed by atoms with Crippen LogP contribution < -0.4 is 0 Å². The van der Waals surface area contributed by atoms with E-state index in [2.05, 4.69) is 10.1 Å². The largest absolute Gasteiger partial charge is 0.455 e. The standard InChI is InChI=1S/C15H20N2O3/c1-11(16-12-9-7-6-8-10-12)13(17-19-5)14(18)20-15(2,3)4/h6-10H,1-5H3/b16-11+,17-13-. The molecule has 1 aromatic rings. The van der Waals surface area contributed by atoms with Gasteiger partial charge in [-0.15, -0.1) is 0 Å². The lowest BCUT2D eigenvalue weighted by molar-refractivity contribution is -0.146. The Labute approximate surface area is 119 Å². The van der Waals surface area contributed by atoms with Crippen LogP contribution in [0.5, 0.6) is 0 Å². The highest BCUT2D eigenvalue weighted by molar-refractivity contribution is 6.65. The predicted molar refractivity (Wildman–Crippen MR) is 79.5 cm³/mol. The number of hydrogen-bond acceptors (Lipinski definition) is 5. The summed E-state index contributed by atoms with van der Waals surface area (Å²) < 4.78 is 5.28. The van der Waals surface area contributed by atoms with Crippen molar-refractivity contribution in [2.45, 2.75) is 33.3 Å². The molecule has 0 saturated heterocycles. The number of rotatable bonds is 4. The van der Waals surface area contributed by atoms with Gasteiger partial charge in [0.1, 0.15) is 12.7 Å². The molecule has 0 spiro atoms. The molecule has 0 bridgehead atoms. The summed E-state index contributed by atoms with van der Waals surface area (Å²) in [7, 11) is 1.38. The maximum Gasteiger partial charge on any atom is 0.362 e. The summed E-state index contributed by atoms with van der Waals surface area (Å²) in [5.74, 6) is -0.559. The molecule has 0 aromatic heterocycles. The van der Waals surface area contributed by atoms with Crippen molar-refractivity contribution in [2.75, 3.05) is 7.11 Å².